The van der Waals surface area contributed by atoms with Gasteiger partial charge in [-0.15, -0.1) is 11.8 Å². The highest BCUT2D eigenvalue weighted by Gasteiger charge is 2.42. The maximum Gasteiger partial charge on any atom is 0.422 e. The van der Waals surface area contributed by atoms with Crippen LogP contribution in [0.25, 0.3) is 0 Å². The van der Waals surface area contributed by atoms with Gasteiger partial charge in [0.15, 0.2) is 23.3 Å². The number of anilines is 2. The van der Waals surface area contributed by atoms with E-state index in [1.807, 2.05) is 6.07 Å². The van der Waals surface area contributed by atoms with Gasteiger partial charge in [-0.2, -0.15) is 13.2 Å². The van der Waals surface area contributed by atoms with Crippen molar-refractivity contribution in [2.24, 2.45) is 0 Å². The molecule has 0 aromatic heterocycles. The third-order valence-electron chi connectivity index (χ3n) is 4.82. The van der Waals surface area contributed by atoms with Crippen LogP contribution in [0.1, 0.15) is 18.1 Å². The van der Waals surface area contributed by atoms with E-state index in [-0.39, 0.29) is 12.3 Å². The molecule has 0 saturated heterocycles. The number of amides is 2. The van der Waals surface area contributed by atoms with Gasteiger partial charge >= 0.3 is 6.18 Å². The van der Waals surface area contributed by atoms with Gasteiger partial charge < -0.3 is 10.6 Å². The molecular formula is C24H17F7N2O2S. The standard InChI is InChI=1S/C24H17F7N2O2S/c1-12(23(35)33-22-20(27)18(25)17(24(29,30)31)19(26)21(22)28)36-15-9-7-14(8-10-15)32-16(34)11-13-5-3-2-4-6-13/h2-10,12H,11H2,1H3,(H,32,34)(H,33,35). The molecule has 0 aliphatic heterocycles. The fourth-order valence-electron chi connectivity index (χ4n) is 3.08. The van der Waals surface area contributed by atoms with Crippen molar-refractivity contribution in [1.29, 1.82) is 0 Å². The van der Waals surface area contributed by atoms with Gasteiger partial charge in [-0.3, -0.25) is 9.59 Å². The second-order valence-corrected chi connectivity index (χ2v) is 8.90. The Labute approximate surface area is 204 Å². The smallest absolute Gasteiger partial charge is 0.326 e. The fraction of sp³-hybridized carbons (Fsp3) is 0.167. The number of carbonyl (C=O) groups excluding carboxylic acids is 2. The first kappa shape index (κ1) is 27.1. The maximum absolute atomic E-state index is 14.0. The molecule has 4 nitrogen and oxygen atoms in total. The minimum absolute atomic E-state index is 0.160. The molecule has 0 radical (unpaired) electrons. The largest absolute Gasteiger partial charge is 0.422 e. The van der Waals surface area contributed by atoms with Crippen molar-refractivity contribution in [3.05, 3.63) is 89.0 Å². The van der Waals surface area contributed by atoms with Gasteiger partial charge in [-0.05, 0) is 36.8 Å². The van der Waals surface area contributed by atoms with Crippen LogP contribution in [0.15, 0.2) is 59.5 Å². The number of nitrogens with one attached hydrogen (secondary N) is 2. The lowest BCUT2D eigenvalue weighted by Gasteiger charge is -2.16. The Morgan fingerprint density at radius 1 is 0.833 bits per heavy atom. The van der Waals surface area contributed by atoms with Gasteiger partial charge in [0.1, 0.15) is 11.3 Å². The second kappa shape index (κ2) is 11.0. The Morgan fingerprint density at radius 3 is 1.92 bits per heavy atom. The summed E-state index contributed by atoms with van der Waals surface area (Å²) in [7, 11) is 0. The summed E-state index contributed by atoms with van der Waals surface area (Å²) in [4.78, 5) is 25.0. The molecule has 0 saturated carbocycles. The van der Waals surface area contributed by atoms with E-state index in [9.17, 15) is 40.3 Å². The number of benzene rings is 3. The third kappa shape index (κ3) is 6.36. The monoisotopic (exact) mass is 530 g/mol. The molecule has 0 fully saturated rings. The molecule has 2 N–H and O–H groups in total. The van der Waals surface area contributed by atoms with E-state index in [0.29, 0.717) is 10.6 Å². The van der Waals surface area contributed by atoms with Gasteiger partial charge in [0.05, 0.1) is 11.7 Å². The van der Waals surface area contributed by atoms with E-state index >= 15 is 0 Å². The first-order valence-corrected chi connectivity index (χ1v) is 11.1. The van der Waals surface area contributed by atoms with Crippen molar-refractivity contribution in [2.75, 3.05) is 10.6 Å². The van der Waals surface area contributed by atoms with Crippen molar-refractivity contribution < 1.29 is 40.3 Å². The van der Waals surface area contributed by atoms with Crippen LogP contribution in [0.5, 0.6) is 0 Å². The number of hydrogen-bond donors (Lipinski definition) is 2. The fourth-order valence-corrected chi connectivity index (χ4v) is 3.94. The first-order valence-electron chi connectivity index (χ1n) is 10.2. The lowest BCUT2D eigenvalue weighted by Crippen LogP contribution is -2.25. The highest BCUT2D eigenvalue weighted by molar-refractivity contribution is 8.00. The van der Waals surface area contributed by atoms with Gasteiger partial charge in [0.25, 0.3) is 0 Å². The lowest BCUT2D eigenvalue weighted by atomic mass is 10.1. The van der Waals surface area contributed by atoms with Crippen LogP contribution < -0.4 is 10.6 Å². The summed E-state index contributed by atoms with van der Waals surface area (Å²) in [6.07, 6.45) is -5.53. The molecule has 3 aromatic carbocycles. The highest BCUT2D eigenvalue weighted by Crippen LogP contribution is 2.38. The molecule has 36 heavy (non-hydrogen) atoms. The van der Waals surface area contributed by atoms with Crippen LogP contribution in [-0.4, -0.2) is 17.1 Å². The lowest BCUT2D eigenvalue weighted by molar-refractivity contribution is -0.143. The summed E-state index contributed by atoms with van der Waals surface area (Å²) >= 11 is 0.892. The Kier molecular flexibility index (Phi) is 8.28. The molecule has 0 heterocycles. The van der Waals surface area contributed by atoms with E-state index in [1.54, 1.807) is 53.8 Å². The number of rotatable bonds is 7. The molecule has 1 unspecified atom stereocenters. The van der Waals surface area contributed by atoms with Gasteiger partial charge in [-0.25, -0.2) is 17.6 Å². The Hall–Kier alpha value is -3.54. The summed E-state index contributed by atoms with van der Waals surface area (Å²) < 4.78 is 93.7. The van der Waals surface area contributed by atoms with Crippen LogP contribution in [0.3, 0.4) is 0 Å². The maximum atomic E-state index is 14.0. The van der Waals surface area contributed by atoms with Crippen molar-refractivity contribution >= 4 is 35.0 Å². The molecule has 3 aromatic rings. The number of carbonyl (C=O) groups is 2. The van der Waals surface area contributed by atoms with E-state index in [0.717, 1.165) is 17.3 Å². The average Bonchev–Trinajstić information content (AvgIpc) is 2.81. The molecule has 0 aliphatic carbocycles. The Balaban J connectivity index is 1.64. The van der Waals surface area contributed by atoms with Crippen molar-refractivity contribution in [2.45, 2.75) is 29.7 Å². The minimum Gasteiger partial charge on any atom is -0.326 e. The van der Waals surface area contributed by atoms with Crippen molar-refractivity contribution in [3.8, 4) is 0 Å². The van der Waals surface area contributed by atoms with Gasteiger partial charge in [0, 0.05) is 10.6 Å². The predicted octanol–water partition coefficient (Wildman–Crippen LogP) is 6.56. The van der Waals surface area contributed by atoms with E-state index < -0.39 is 51.9 Å². The van der Waals surface area contributed by atoms with Crippen LogP contribution in [-0.2, 0) is 22.2 Å². The van der Waals surface area contributed by atoms with Gasteiger partial charge in [-0.1, -0.05) is 30.3 Å². The molecular weight excluding hydrogens is 513 g/mol. The quantitative estimate of drug-likeness (QED) is 0.207. The van der Waals surface area contributed by atoms with Crippen LogP contribution in [0.2, 0.25) is 0 Å². The van der Waals surface area contributed by atoms with Gasteiger partial charge in [0.2, 0.25) is 11.8 Å². The number of thioether (sulfide) groups is 1. The Bertz CT molecular complexity index is 1240. The number of halogens is 7. The number of hydrogen-bond acceptors (Lipinski definition) is 3. The normalized spacial score (nSPS) is 12.2. The predicted molar refractivity (Wildman–Crippen MR) is 120 cm³/mol. The van der Waals surface area contributed by atoms with Crippen molar-refractivity contribution in [3.63, 3.8) is 0 Å². The summed E-state index contributed by atoms with van der Waals surface area (Å²) in [5.74, 6) is -11.4. The summed E-state index contributed by atoms with van der Waals surface area (Å²) in [6.45, 7) is 1.31. The molecule has 0 spiro atoms. The third-order valence-corrected chi connectivity index (χ3v) is 5.93. The SMILES string of the molecule is CC(Sc1ccc(NC(=O)Cc2ccccc2)cc1)C(=O)Nc1c(F)c(F)c(C(F)(F)F)c(F)c1F. The zero-order valence-corrected chi connectivity index (χ0v) is 19.2. The zero-order chi connectivity index (χ0) is 26.6. The van der Waals surface area contributed by atoms with E-state index in [2.05, 4.69) is 5.32 Å². The topological polar surface area (TPSA) is 58.2 Å². The molecule has 190 valence electrons. The minimum atomic E-state index is -5.69. The summed E-state index contributed by atoms with van der Waals surface area (Å²) in [5, 5.41) is 3.23. The number of alkyl halides is 3. The van der Waals surface area contributed by atoms with E-state index in [1.165, 1.54) is 6.92 Å². The summed E-state index contributed by atoms with van der Waals surface area (Å²) in [5.41, 5.74) is -3.10. The highest BCUT2D eigenvalue weighted by atomic mass is 32.2. The molecule has 2 amide bonds. The van der Waals surface area contributed by atoms with E-state index in [4.69, 9.17) is 0 Å². The van der Waals surface area contributed by atoms with Crippen LogP contribution >= 0.6 is 11.8 Å². The van der Waals surface area contributed by atoms with Crippen molar-refractivity contribution in [1.82, 2.24) is 0 Å². The zero-order valence-electron chi connectivity index (χ0n) is 18.4. The summed E-state index contributed by atoms with van der Waals surface area (Å²) in [6, 6.07) is 15.2. The average molecular weight is 530 g/mol. The first-order chi connectivity index (χ1) is 16.9. The molecule has 3 rings (SSSR count). The second-order valence-electron chi connectivity index (χ2n) is 7.49. The van der Waals surface area contributed by atoms with Crippen LogP contribution in [0.4, 0.5) is 42.1 Å². The molecule has 1 atom stereocenters. The molecule has 0 bridgehead atoms. The molecule has 0 aliphatic rings. The molecule has 12 heteroatoms. The Morgan fingerprint density at radius 2 is 1.39 bits per heavy atom. The van der Waals surface area contributed by atoms with Crippen LogP contribution in [0, 0.1) is 23.3 Å².